The van der Waals surface area contributed by atoms with Gasteiger partial charge in [-0.1, -0.05) is 75.2 Å². The minimum Gasteiger partial charge on any atom is -0.0617 e. The van der Waals surface area contributed by atoms with Crippen LogP contribution in [0.25, 0.3) is 0 Å². The molecule has 1 heteroatoms. The zero-order chi connectivity index (χ0) is 9.54. The highest BCUT2D eigenvalue weighted by molar-refractivity contribution is 6.64. The summed E-state index contributed by atoms with van der Waals surface area (Å²) in [6.07, 6.45) is 11.7. The molecule has 4 atom stereocenters. The number of hydrogen-bond donors (Lipinski definition) is 0. The van der Waals surface area contributed by atoms with Crippen LogP contribution in [0.5, 0.6) is 0 Å². The third-order valence-electron chi connectivity index (χ3n) is 4.85. The van der Waals surface area contributed by atoms with Crippen LogP contribution in [-0.2, 0) is 0 Å². The first-order valence-electron chi connectivity index (χ1n) is 6.86. The van der Waals surface area contributed by atoms with Crippen LogP contribution < -0.4 is 0 Å². The van der Waals surface area contributed by atoms with Gasteiger partial charge in [0.05, 0.1) is 0 Å². The van der Waals surface area contributed by atoms with Gasteiger partial charge in [-0.25, -0.2) is 0 Å². The molecule has 4 unspecified atom stereocenters. The van der Waals surface area contributed by atoms with E-state index in [0.29, 0.717) is 6.40 Å². The lowest BCUT2D eigenvalue weighted by Gasteiger charge is -2.47. The van der Waals surface area contributed by atoms with Crippen molar-refractivity contribution in [2.24, 2.45) is 0 Å². The van der Waals surface area contributed by atoms with Gasteiger partial charge in [0.2, 0.25) is 0 Å². The van der Waals surface area contributed by atoms with E-state index in [9.17, 15) is 0 Å². The monoisotopic (exact) mass is 177 g/mol. The zero-order valence-corrected chi connectivity index (χ0v) is 8.54. The summed E-state index contributed by atoms with van der Waals surface area (Å²) in [5.41, 5.74) is 0. The van der Waals surface area contributed by atoms with E-state index in [1.54, 1.807) is 0 Å². The first-order chi connectivity index (χ1) is 6.86. The van der Waals surface area contributed by atoms with Gasteiger partial charge in [-0.15, -0.1) is 0 Å². The molecule has 0 aromatic rings. The van der Waals surface area contributed by atoms with E-state index >= 15 is 0 Å². The van der Waals surface area contributed by atoms with E-state index in [2.05, 4.69) is 0 Å². The lowest BCUT2D eigenvalue weighted by Crippen LogP contribution is -2.40. The molecule has 0 radical (unpaired) electrons. The zero-order valence-electron chi connectivity index (χ0n) is 9.54. The predicted molar refractivity (Wildman–Crippen MR) is 58.6 cm³/mol. The Labute approximate surface area is 84.0 Å². The summed E-state index contributed by atoms with van der Waals surface area (Å²) in [7, 11) is 0. The Morgan fingerprint density at radius 2 is 1.31 bits per heavy atom. The minimum atomic E-state index is 0.303. The molecule has 0 N–H and O–H groups in total. The second kappa shape index (κ2) is 3.33. The van der Waals surface area contributed by atoms with E-state index in [1.807, 2.05) is 0 Å². The van der Waals surface area contributed by atoms with Gasteiger partial charge in [0.25, 0.3) is 0 Å². The van der Waals surface area contributed by atoms with E-state index in [1.165, 1.54) is 51.4 Å². The number of hydrogen-bond acceptors (Lipinski definition) is 0. The third kappa shape index (κ3) is 1.35. The Kier molecular flexibility index (Phi) is 1.89. The lowest BCUT2D eigenvalue weighted by atomic mass is 9.20. The summed E-state index contributed by atoms with van der Waals surface area (Å²) < 4.78 is 8.18. The van der Waals surface area contributed by atoms with E-state index in [-0.39, 0.29) is 0 Å². The summed E-state index contributed by atoms with van der Waals surface area (Å²) in [4.78, 5) is 0. The molecule has 3 aliphatic rings. The minimum absolute atomic E-state index is 0.303. The lowest BCUT2D eigenvalue weighted by molar-refractivity contribution is 0.400. The summed E-state index contributed by atoms with van der Waals surface area (Å²) in [6.45, 7) is 0.980. The Balaban J connectivity index is 1.84. The molecule has 3 aliphatic heterocycles. The van der Waals surface area contributed by atoms with Crippen molar-refractivity contribution >= 4 is 6.71 Å². The molecule has 13 heavy (non-hydrogen) atoms. The van der Waals surface area contributed by atoms with Gasteiger partial charge >= 0.3 is 0 Å². The normalized spacial score (nSPS) is 51.1. The largest absolute Gasteiger partial charge is 0.149 e. The van der Waals surface area contributed by atoms with Crippen molar-refractivity contribution in [3.63, 3.8) is 0 Å². The SMILES string of the molecule is [2H]C1CCC2CCCC3CCCC1B32. The van der Waals surface area contributed by atoms with Gasteiger partial charge in [0.15, 0.2) is 0 Å². The van der Waals surface area contributed by atoms with Crippen LogP contribution >= 0.6 is 0 Å². The molecule has 0 nitrogen and oxygen atoms in total. The summed E-state index contributed by atoms with van der Waals surface area (Å²) >= 11 is 0. The average Bonchev–Trinajstić information content (AvgIpc) is 2.24. The first-order valence-corrected chi connectivity index (χ1v) is 6.28. The van der Waals surface area contributed by atoms with Gasteiger partial charge < -0.3 is 0 Å². The molecule has 3 fully saturated rings. The summed E-state index contributed by atoms with van der Waals surface area (Å²) in [6, 6.07) is 0. The maximum atomic E-state index is 8.18. The molecular formula is C12H21B. The maximum absolute atomic E-state index is 8.18. The highest BCUT2D eigenvalue weighted by Crippen LogP contribution is 2.54. The van der Waals surface area contributed by atoms with Gasteiger partial charge in [-0.2, -0.15) is 0 Å². The van der Waals surface area contributed by atoms with Crippen LogP contribution in [0.3, 0.4) is 0 Å². The molecule has 0 aromatic heterocycles. The third-order valence-corrected chi connectivity index (χ3v) is 4.85. The van der Waals surface area contributed by atoms with E-state index < -0.39 is 0 Å². The van der Waals surface area contributed by atoms with Crippen molar-refractivity contribution in [3.05, 3.63) is 0 Å². The summed E-state index contributed by atoms with van der Waals surface area (Å²) in [5.74, 6) is 2.86. The smallest absolute Gasteiger partial charge is 0.0617 e. The highest BCUT2D eigenvalue weighted by Gasteiger charge is 2.44. The molecule has 0 saturated carbocycles. The van der Waals surface area contributed by atoms with Gasteiger partial charge in [-0.05, 0) is 0 Å². The van der Waals surface area contributed by atoms with Crippen molar-refractivity contribution in [1.82, 2.24) is 0 Å². The summed E-state index contributed by atoms with van der Waals surface area (Å²) in [5, 5.41) is 0. The van der Waals surface area contributed by atoms with Crippen LogP contribution in [0.4, 0.5) is 0 Å². The van der Waals surface area contributed by atoms with Crippen molar-refractivity contribution in [2.45, 2.75) is 75.2 Å². The van der Waals surface area contributed by atoms with Gasteiger partial charge in [0, 0.05) is 1.37 Å². The molecule has 0 aliphatic carbocycles. The fourth-order valence-electron chi connectivity index (χ4n) is 4.39. The average molecular weight is 177 g/mol. The fraction of sp³-hybridized carbons (Fsp3) is 1.00. The van der Waals surface area contributed by atoms with Crippen LogP contribution in [0.15, 0.2) is 0 Å². The fourth-order valence-corrected chi connectivity index (χ4v) is 4.39. The molecule has 0 amide bonds. The molecular weight excluding hydrogens is 155 g/mol. The molecule has 3 heterocycles. The van der Waals surface area contributed by atoms with E-state index in [0.717, 1.165) is 24.2 Å². The van der Waals surface area contributed by atoms with Crippen molar-refractivity contribution in [2.75, 3.05) is 0 Å². The second-order valence-corrected chi connectivity index (χ2v) is 5.44. The van der Waals surface area contributed by atoms with Gasteiger partial charge in [-0.3, -0.25) is 0 Å². The molecule has 3 saturated heterocycles. The molecule has 0 bridgehead atoms. The van der Waals surface area contributed by atoms with E-state index in [4.69, 9.17) is 1.37 Å². The maximum Gasteiger partial charge on any atom is 0.149 e. The Hall–Kier alpha value is 0.0649. The van der Waals surface area contributed by atoms with Gasteiger partial charge in [0.1, 0.15) is 6.71 Å². The predicted octanol–water partition coefficient (Wildman–Crippen LogP) is 4.14. The van der Waals surface area contributed by atoms with Crippen LogP contribution in [0.1, 0.15) is 59.1 Å². The quantitative estimate of drug-likeness (QED) is 0.487. The Morgan fingerprint density at radius 3 is 2.00 bits per heavy atom. The Bertz CT molecular complexity index is 210. The Morgan fingerprint density at radius 1 is 0.769 bits per heavy atom. The van der Waals surface area contributed by atoms with Crippen molar-refractivity contribution < 1.29 is 1.37 Å². The van der Waals surface area contributed by atoms with Crippen molar-refractivity contribution in [1.29, 1.82) is 0 Å². The van der Waals surface area contributed by atoms with Crippen LogP contribution in [0, 0.1) is 0 Å². The standard InChI is InChI=1S/C12H21B/c1-4-10-6-2-8-12-9-3-7-11(5-1)13(10)12/h10-12H,1-9H2/i4D. The van der Waals surface area contributed by atoms with Crippen LogP contribution in [0.2, 0.25) is 17.5 Å². The van der Waals surface area contributed by atoms with Crippen molar-refractivity contribution in [3.8, 4) is 0 Å². The molecule has 0 spiro atoms. The molecule has 72 valence electrons. The molecule has 0 aromatic carbocycles. The van der Waals surface area contributed by atoms with Crippen LogP contribution in [-0.4, -0.2) is 6.71 Å². The highest BCUT2D eigenvalue weighted by atomic mass is 14.3. The first kappa shape index (κ1) is 7.37. The molecule has 3 rings (SSSR count). The second-order valence-electron chi connectivity index (χ2n) is 5.44. The number of rotatable bonds is 0. The topological polar surface area (TPSA) is 0 Å².